The second-order valence-electron chi connectivity index (χ2n) is 27.0. The van der Waals surface area contributed by atoms with E-state index in [0.717, 1.165) is 0 Å². The predicted octanol–water partition coefficient (Wildman–Crippen LogP) is 24.6. The first kappa shape index (κ1) is 54.7. The largest absolute Gasteiger partial charge is 0.309 e. The van der Waals surface area contributed by atoms with Crippen molar-refractivity contribution in [2.24, 2.45) is 0 Å². The highest BCUT2D eigenvalue weighted by molar-refractivity contribution is 6.12. The summed E-state index contributed by atoms with van der Waals surface area (Å²) in [5.74, 6) is 0. The summed E-state index contributed by atoms with van der Waals surface area (Å²) in [5.41, 5.74) is 34.4. The van der Waals surface area contributed by atoms with Crippen LogP contribution < -0.4 is 0 Å². The number of nitrogens with zero attached hydrogens (tertiary/aromatic N) is 2. The number of fused-ring (bicyclic) bond motifs is 16. The lowest BCUT2D eigenvalue weighted by atomic mass is 9.74. The lowest BCUT2D eigenvalue weighted by molar-refractivity contribution is 0.544. The summed E-state index contributed by atoms with van der Waals surface area (Å²) in [7, 11) is 0. The van der Waals surface area contributed by atoms with E-state index in [4.69, 9.17) is 0 Å². The maximum Gasteiger partial charge on any atom is 0.0541 e. The van der Waals surface area contributed by atoms with E-state index in [1.807, 2.05) is 0 Å². The summed E-state index contributed by atoms with van der Waals surface area (Å²) in [6.07, 6.45) is 18.9. The highest BCUT2D eigenvalue weighted by Crippen LogP contribution is 2.63. The van der Waals surface area contributed by atoms with Crippen LogP contribution in [-0.2, 0) is 10.8 Å². The topological polar surface area (TPSA) is 9.86 Å². The van der Waals surface area contributed by atoms with E-state index < -0.39 is 0 Å². The molecule has 0 N–H and O–H groups in total. The fourth-order valence-electron chi connectivity index (χ4n) is 17.4. The van der Waals surface area contributed by atoms with Gasteiger partial charge in [-0.25, -0.2) is 0 Å². The minimum Gasteiger partial charge on any atom is -0.309 e. The summed E-state index contributed by atoms with van der Waals surface area (Å²) in [6.45, 7) is 0. The molecule has 4 aliphatic rings. The molecule has 2 spiro atoms. The first-order chi connectivity index (χ1) is 46.5. The molecule has 0 amide bonds. The molecule has 446 valence electrons. The maximum atomic E-state index is 2.70. The van der Waals surface area contributed by atoms with Gasteiger partial charge in [-0.1, -0.05) is 256 Å². The van der Waals surface area contributed by atoms with E-state index >= 15 is 0 Å². The average molecular weight is 1200 g/mol. The molecule has 0 bridgehead atoms. The zero-order valence-electron chi connectivity index (χ0n) is 52.6. The van der Waals surface area contributed by atoms with E-state index in [2.05, 4.69) is 325 Å². The van der Waals surface area contributed by atoms with Crippen LogP contribution in [0.2, 0.25) is 0 Å². The Balaban J connectivity index is 0.552. The number of hydrogen-bond acceptors (Lipinski definition) is 0. The van der Waals surface area contributed by atoms with E-state index in [-0.39, 0.29) is 10.8 Å². The number of aromatic nitrogens is 2. The molecule has 2 aromatic heterocycles. The molecular formula is C92H68N2. The number of para-hydroxylation sites is 4. The van der Waals surface area contributed by atoms with E-state index in [1.54, 1.807) is 22.3 Å². The van der Waals surface area contributed by atoms with Gasteiger partial charge in [0.1, 0.15) is 0 Å². The van der Waals surface area contributed by atoms with Crippen LogP contribution in [0.15, 0.2) is 291 Å². The SMILES string of the molecule is C(=C\c1ccc(-c2ccc3c(c2)c2ccccc2n3-c2ccccc2)cc1)/c1ccc(-c2ccc3c(c2)C2(CCCC2)c2cc4c(cc2-3)C2(CCCC2)c2cc(-c3ccc(/C=C/c5ccc(-c6ccc7c(c6)c6ccccc6n7-c6ccccc6)cc5)cc3)ccc2-4)cc1. The van der Waals surface area contributed by atoms with Gasteiger partial charge in [0, 0.05) is 43.7 Å². The van der Waals surface area contributed by atoms with Crippen LogP contribution >= 0.6 is 0 Å². The molecule has 0 radical (unpaired) electrons. The second-order valence-corrected chi connectivity index (χ2v) is 27.0. The third-order valence-electron chi connectivity index (χ3n) is 22.0. The van der Waals surface area contributed by atoms with Crippen LogP contribution in [0, 0.1) is 0 Å². The fraction of sp³-hybridized carbons (Fsp3) is 0.109. The van der Waals surface area contributed by atoms with Crippen molar-refractivity contribution in [1.29, 1.82) is 0 Å². The minimum atomic E-state index is 0.0531. The Morgan fingerprint density at radius 3 is 0.872 bits per heavy atom. The summed E-state index contributed by atoms with van der Waals surface area (Å²) >= 11 is 0. The lowest BCUT2D eigenvalue weighted by Crippen LogP contribution is -2.22. The van der Waals surface area contributed by atoms with Gasteiger partial charge in [0.2, 0.25) is 0 Å². The molecular weight excluding hydrogens is 1130 g/mol. The van der Waals surface area contributed by atoms with Crippen molar-refractivity contribution in [3.63, 3.8) is 0 Å². The first-order valence-corrected chi connectivity index (χ1v) is 33.9. The molecule has 94 heavy (non-hydrogen) atoms. The fourth-order valence-corrected chi connectivity index (χ4v) is 17.4. The number of benzene rings is 13. The lowest BCUT2D eigenvalue weighted by Gasteiger charge is -2.29. The highest BCUT2D eigenvalue weighted by atomic mass is 15.0. The van der Waals surface area contributed by atoms with Gasteiger partial charge in [0.25, 0.3) is 0 Å². The van der Waals surface area contributed by atoms with Gasteiger partial charge >= 0.3 is 0 Å². The van der Waals surface area contributed by atoms with Crippen molar-refractivity contribution in [2.45, 2.75) is 62.2 Å². The molecule has 15 aromatic rings. The summed E-state index contributed by atoms with van der Waals surface area (Å²) in [6, 6.07) is 109. The number of hydrogen-bond donors (Lipinski definition) is 0. The Hall–Kier alpha value is -11.1. The normalized spacial score (nSPS) is 15.0. The van der Waals surface area contributed by atoms with Crippen molar-refractivity contribution in [3.05, 3.63) is 336 Å². The molecule has 2 saturated carbocycles. The van der Waals surface area contributed by atoms with Crippen LogP contribution in [0.1, 0.15) is 95.9 Å². The first-order valence-electron chi connectivity index (χ1n) is 33.9. The van der Waals surface area contributed by atoms with Crippen molar-refractivity contribution >= 4 is 67.9 Å². The molecule has 2 heterocycles. The maximum absolute atomic E-state index is 2.70. The smallest absolute Gasteiger partial charge is 0.0541 e. The monoisotopic (exact) mass is 1200 g/mol. The molecule has 4 aliphatic carbocycles. The molecule has 0 unspecified atom stereocenters. The van der Waals surface area contributed by atoms with Crippen LogP contribution in [0.4, 0.5) is 0 Å². The van der Waals surface area contributed by atoms with Gasteiger partial charge in [0.15, 0.2) is 0 Å². The predicted molar refractivity (Wildman–Crippen MR) is 397 cm³/mol. The molecule has 2 nitrogen and oxygen atoms in total. The quantitative estimate of drug-likeness (QED) is 0.121. The standard InChI is InChI=1S/C92H68N2/c1-3-15-73(16-4-1)93-87-21-9-7-19-77(87)81-55-69(45-49-89(81)93)65-35-27-61(28-36-65)23-25-63-31-39-67(40-32-63)71-43-47-75-79-59-86-80(60-85(79)91(83(75)57-71)51-11-12-52-91)76-48-44-72(58-84(76)92(86)53-13-14-54-92)68-41-33-64(34-42-68)26-24-62-29-37-66(38-30-62)70-46-50-90-82(56-70)78-20-8-10-22-88(78)94(90)74-17-5-2-6-18-74/h1-10,15-50,55-60H,11-14,51-54H2/b25-23+,26-24+. The Bertz CT molecular complexity index is 5200. The Morgan fingerprint density at radius 1 is 0.223 bits per heavy atom. The third-order valence-corrected chi connectivity index (χ3v) is 22.0. The Kier molecular flexibility index (Phi) is 12.7. The summed E-state index contributed by atoms with van der Waals surface area (Å²) < 4.78 is 4.75. The van der Waals surface area contributed by atoms with Crippen LogP contribution in [0.5, 0.6) is 0 Å². The van der Waals surface area contributed by atoms with Crippen LogP contribution in [0.25, 0.3) is 146 Å². The van der Waals surface area contributed by atoms with Gasteiger partial charge in [-0.05, 0) is 222 Å². The zero-order chi connectivity index (χ0) is 61.9. The van der Waals surface area contributed by atoms with Gasteiger partial charge in [-0.2, -0.15) is 0 Å². The Morgan fingerprint density at radius 2 is 0.511 bits per heavy atom. The van der Waals surface area contributed by atoms with Gasteiger partial charge in [-0.3, -0.25) is 0 Å². The summed E-state index contributed by atoms with van der Waals surface area (Å²) in [5, 5.41) is 5.08. The molecule has 0 aliphatic heterocycles. The van der Waals surface area contributed by atoms with Crippen molar-refractivity contribution in [1.82, 2.24) is 9.13 Å². The van der Waals surface area contributed by atoms with E-state index in [0.29, 0.717) is 0 Å². The zero-order valence-corrected chi connectivity index (χ0v) is 52.6. The van der Waals surface area contributed by atoms with E-state index in [1.165, 1.54) is 195 Å². The molecule has 13 aromatic carbocycles. The third kappa shape index (κ3) is 8.76. The molecule has 2 heteroatoms. The van der Waals surface area contributed by atoms with Gasteiger partial charge in [-0.15, -0.1) is 0 Å². The molecule has 19 rings (SSSR count). The van der Waals surface area contributed by atoms with Crippen molar-refractivity contribution in [2.75, 3.05) is 0 Å². The van der Waals surface area contributed by atoms with Crippen molar-refractivity contribution < 1.29 is 0 Å². The van der Waals surface area contributed by atoms with Crippen molar-refractivity contribution in [3.8, 4) is 78.1 Å². The van der Waals surface area contributed by atoms with Gasteiger partial charge < -0.3 is 9.13 Å². The number of rotatable bonds is 10. The van der Waals surface area contributed by atoms with Crippen LogP contribution in [0.3, 0.4) is 0 Å². The minimum absolute atomic E-state index is 0.0531. The highest BCUT2D eigenvalue weighted by Gasteiger charge is 2.50. The average Bonchev–Trinajstić information content (AvgIpc) is 1.53. The second kappa shape index (κ2) is 21.8. The summed E-state index contributed by atoms with van der Waals surface area (Å²) in [4.78, 5) is 0. The molecule has 2 fully saturated rings. The Labute approximate surface area is 549 Å². The molecule has 0 saturated heterocycles. The van der Waals surface area contributed by atoms with Gasteiger partial charge in [0.05, 0.1) is 22.1 Å². The van der Waals surface area contributed by atoms with Crippen LogP contribution in [-0.4, -0.2) is 9.13 Å². The molecule has 0 atom stereocenters. The van der Waals surface area contributed by atoms with E-state index in [9.17, 15) is 0 Å².